The van der Waals surface area contributed by atoms with Gasteiger partial charge in [-0.1, -0.05) is 35.9 Å². The Morgan fingerprint density at radius 1 is 1.10 bits per heavy atom. The number of carboxylic acid groups (broad SMARTS) is 1. The van der Waals surface area contributed by atoms with Crippen molar-refractivity contribution in [3.8, 4) is 0 Å². The molecule has 0 fully saturated rings. The van der Waals surface area contributed by atoms with E-state index in [-0.39, 0.29) is 16.2 Å². The lowest BCUT2D eigenvalue weighted by Gasteiger charge is -2.10. The Labute approximate surface area is 124 Å². The first-order valence-corrected chi connectivity index (χ1v) is 8.08. The summed E-state index contributed by atoms with van der Waals surface area (Å²) in [5, 5.41) is 9.13. The maximum atomic E-state index is 12.5. The molecule has 2 aromatic rings. The zero-order chi connectivity index (χ0) is 15.6. The Morgan fingerprint density at radius 3 is 2.38 bits per heavy atom. The molecule has 0 saturated heterocycles. The molecular weight excluding hydrogens is 288 g/mol. The molecule has 110 valence electrons. The van der Waals surface area contributed by atoms with Crippen molar-refractivity contribution in [2.45, 2.75) is 24.5 Å². The Bertz CT molecular complexity index is 792. The number of aromatic carboxylic acids is 1. The lowest BCUT2D eigenvalue weighted by atomic mass is 10.1. The van der Waals surface area contributed by atoms with E-state index in [4.69, 9.17) is 5.11 Å². The van der Waals surface area contributed by atoms with Crippen LogP contribution in [0.2, 0.25) is 0 Å². The minimum absolute atomic E-state index is 0.0193. The average molecular weight is 304 g/mol. The van der Waals surface area contributed by atoms with Crippen molar-refractivity contribution in [1.82, 2.24) is 0 Å². The van der Waals surface area contributed by atoms with Crippen molar-refractivity contribution >= 4 is 15.8 Å². The standard InChI is InChI=1S/C16H16O4S/c1-11-7-8-15(12(2)9-11)21(19,20)10-13-5-3-4-6-14(13)16(17)18/h3-9H,10H2,1-2H3,(H,17,18). The second-order valence-corrected chi connectivity index (χ2v) is 6.95. The third kappa shape index (κ3) is 3.31. The quantitative estimate of drug-likeness (QED) is 0.942. The lowest BCUT2D eigenvalue weighted by Crippen LogP contribution is -2.10. The summed E-state index contributed by atoms with van der Waals surface area (Å²) in [6, 6.07) is 11.3. The van der Waals surface area contributed by atoms with Gasteiger partial charge >= 0.3 is 5.97 Å². The van der Waals surface area contributed by atoms with Crippen LogP contribution >= 0.6 is 0 Å². The molecule has 0 amide bonds. The van der Waals surface area contributed by atoms with E-state index in [1.54, 1.807) is 37.3 Å². The fourth-order valence-corrected chi connectivity index (χ4v) is 3.93. The van der Waals surface area contributed by atoms with Crippen LogP contribution in [0.5, 0.6) is 0 Å². The van der Waals surface area contributed by atoms with Gasteiger partial charge < -0.3 is 5.11 Å². The molecule has 2 aromatic carbocycles. The molecule has 0 heterocycles. The molecule has 0 bridgehead atoms. The highest BCUT2D eigenvalue weighted by molar-refractivity contribution is 7.90. The molecule has 0 atom stereocenters. The number of hydrogen-bond acceptors (Lipinski definition) is 3. The van der Waals surface area contributed by atoms with Crippen molar-refractivity contribution in [1.29, 1.82) is 0 Å². The Balaban J connectivity index is 2.45. The third-order valence-electron chi connectivity index (χ3n) is 3.26. The van der Waals surface area contributed by atoms with Crippen LogP contribution in [-0.4, -0.2) is 19.5 Å². The van der Waals surface area contributed by atoms with Gasteiger partial charge in [0.25, 0.3) is 0 Å². The van der Waals surface area contributed by atoms with Crippen molar-refractivity contribution in [3.05, 3.63) is 64.7 Å². The number of carbonyl (C=O) groups is 1. The first-order chi connectivity index (χ1) is 9.81. The molecule has 0 aliphatic heterocycles. The van der Waals surface area contributed by atoms with Gasteiger partial charge in [0.2, 0.25) is 0 Å². The maximum Gasteiger partial charge on any atom is 0.335 e. The van der Waals surface area contributed by atoms with Crippen LogP contribution in [0.15, 0.2) is 47.4 Å². The number of carboxylic acids is 1. The Hall–Kier alpha value is -2.14. The van der Waals surface area contributed by atoms with Crippen LogP contribution in [0.3, 0.4) is 0 Å². The third-order valence-corrected chi connectivity index (χ3v) is 5.08. The van der Waals surface area contributed by atoms with Crippen LogP contribution in [0, 0.1) is 13.8 Å². The summed E-state index contributed by atoms with van der Waals surface area (Å²) in [6.07, 6.45) is 0. The van der Waals surface area contributed by atoms with Crippen LogP contribution in [0.1, 0.15) is 27.0 Å². The monoisotopic (exact) mass is 304 g/mol. The molecule has 0 radical (unpaired) electrons. The van der Waals surface area contributed by atoms with Crippen LogP contribution in [0.25, 0.3) is 0 Å². The van der Waals surface area contributed by atoms with Gasteiger partial charge in [0.1, 0.15) is 0 Å². The van der Waals surface area contributed by atoms with Crippen molar-refractivity contribution in [2.24, 2.45) is 0 Å². The van der Waals surface area contributed by atoms with Crippen molar-refractivity contribution in [3.63, 3.8) is 0 Å². The van der Waals surface area contributed by atoms with E-state index in [1.165, 1.54) is 12.1 Å². The number of sulfone groups is 1. The summed E-state index contributed by atoms with van der Waals surface area (Å²) in [5.41, 5.74) is 1.97. The van der Waals surface area contributed by atoms with E-state index in [0.29, 0.717) is 11.1 Å². The molecule has 0 saturated carbocycles. The first kappa shape index (κ1) is 15.3. The van der Waals surface area contributed by atoms with Gasteiger partial charge in [-0.25, -0.2) is 13.2 Å². The van der Waals surface area contributed by atoms with E-state index in [0.717, 1.165) is 5.56 Å². The Morgan fingerprint density at radius 2 is 1.76 bits per heavy atom. The molecule has 0 spiro atoms. The van der Waals surface area contributed by atoms with Gasteiger partial charge in [0, 0.05) is 0 Å². The highest BCUT2D eigenvalue weighted by Gasteiger charge is 2.21. The second-order valence-electron chi connectivity index (χ2n) is 4.99. The maximum absolute atomic E-state index is 12.5. The van der Waals surface area contributed by atoms with Crippen LogP contribution in [-0.2, 0) is 15.6 Å². The molecule has 5 heteroatoms. The number of benzene rings is 2. The van der Waals surface area contributed by atoms with Gasteiger partial charge in [-0.2, -0.15) is 0 Å². The molecule has 0 aliphatic rings. The summed E-state index contributed by atoms with van der Waals surface area (Å²) >= 11 is 0. The molecule has 0 aromatic heterocycles. The largest absolute Gasteiger partial charge is 0.478 e. The molecular formula is C16H16O4S. The van der Waals surface area contributed by atoms with E-state index in [2.05, 4.69) is 0 Å². The van der Waals surface area contributed by atoms with E-state index < -0.39 is 15.8 Å². The number of hydrogen-bond donors (Lipinski definition) is 1. The second kappa shape index (κ2) is 5.69. The van der Waals surface area contributed by atoms with Crippen molar-refractivity contribution < 1.29 is 18.3 Å². The van der Waals surface area contributed by atoms with Crippen LogP contribution in [0.4, 0.5) is 0 Å². The predicted molar refractivity (Wildman–Crippen MR) is 80.2 cm³/mol. The van der Waals surface area contributed by atoms with Gasteiger partial charge in [-0.05, 0) is 37.1 Å². The molecule has 4 nitrogen and oxygen atoms in total. The Kier molecular flexibility index (Phi) is 4.14. The number of aryl methyl sites for hydroxylation is 2. The fraction of sp³-hybridized carbons (Fsp3) is 0.188. The molecule has 2 rings (SSSR count). The topological polar surface area (TPSA) is 71.4 Å². The lowest BCUT2D eigenvalue weighted by molar-refractivity contribution is 0.0696. The van der Waals surface area contributed by atoms with E-state index in [1.807, 2.05) is 6.92 Å². The summed E-state index contributed by atoms with van der Waals surface area (Å²) in [4.78, 5) is 11.4. The minimum atomic E-state index is -3.58. The zero-order valence-corrected chi connectivity index (χ0v) is 12.6. The molecule has 1 N–H and O–H groups in total. The molecule has 0 unspecified atom stereocenters. The summed E-state index contributed by atoms with van der Waals surface area (Å²) in [6.45, 7) is 3.63. The fourth-order valence-electron chi connectivity index (χ4n) is 2.29. The van der Waals surface area contributed by atoms with Gasteiger partial charge in [-0.15, -0.1) is 0 Å². The van der Waals surface area contributed by atoms with E-state index >= 15 is 0 Å². The van der Waals surface area contributed by atoms with Gasteiger partial charge in [0.15, 0.2) is 9.84 Å². The summed E-state index contributed by atoms with van der Waals surface area (Å²) in [5.74, 6) is -1.44. The predicted octanol–water partition coefficient (Wildman–Crippen LogP) is 2.98. The van der Waals surface area contributed by atoms with E-state index in [9.17, 15) is 13.2 Å². The summed E-state index contributed by atoms with van der Waals surface area (Å²) in [7, 11) is -3.58. The average Bonchev–Trinajstić information content (AvgIpc) is 2.37. The van der Waals surface area contributed by atoms with Crippen LogP contribution < -0.4 is 0 Å². The highest BCUT2D eigenvalue weighted by atomic mass is 32.2. The summed E-state index contributed by atoms with van der Waals surface area (Å²) < 4.78 is 25.0. The SMILES string of the molecule is Cc1ccc(S(=O)(=O)Cc2ccccc2C(=O)O)c(C)c1. The highest BCUT2D eigenvalue weighted by Crippen LogP contribution is 2.22. The zero-order valence-electron chi connectivity index (χ0n) is 11.8. The van der Waals surface area contributed by atoms with Gasteiger partial charge in [0.05, 0.1) is 16.2 Å². The van der Waals surface area contributed by atoms with Gasteiger partial charge in [-0.3, -0.25) is 0 Å². The van der Waals surface area contributed by atoms with Crippen molar-refractivity contribution in [2.75, 3.05) is 0 Å². The molecule has 0 aliphatic carbocycles. The first-order valence-electron chi connectivity index (χ1n) is 6.42. The number of rotatable bonds is 4. The smallest absolute Gasteiger partial charge is 0.335 e. The normalized spacial score (nSPS) is 11.3. The minimum Gasteiger partial charge on any atom is -0.478 e. The molecule has 21 heavy (non-hydrogen) atoms.